The number of hydrogen-bond donors (Lipinski definition) is 1. The van der Waals surface area contributed by atoms with E-state index in [0.717, 1.165) is 5.56 Å². The van der Waals surface area contributed by atoms with E-state index >= 15 is 0 Å². The lowest BCUT2D eigenvalue weighted by molar-refractivity contribution is 0.616. The SMILES string of the molecule is CC(N[S@](=O)C(C)(C)C)c1ccccc1Cl. The lowest BCUT2D eigenvalue weighted by Gasteiger charge is -2.22. The van der Waals surface area contributed by atoms with Crippen molar-refractivity contribution in [3.8, 4) is 0 Å². The minimum Gasteiger partial charge on any atom is -0.242 e. The second-order valence-corrected chi connectivity index (χ2v) is 7.15. The van der Waals surface area contributed by atoms with E-state index in [-0.39, 0.29) is 10.8 Å². The first kappa shape index (κ1) is 13.7. The molecule has 0 amide bonds. The van der Waals surface area contributed by atoms with Crippen LogP contribution in [0.25, 0.3) is 0 Å². The molecular formula is C12H18ClNOS. The van der Waals surface area contributed by atoms with Crippen LogP contribution < -0.4 is 4.72 Å². The molecule has 1 unspecified atom stereocenters. The van der Waals surface area contributed by atoms with E-state index in [1.54, 1.807) is 0 Å². The Hall–Kier alpha value is -0.380. The van der Waals surface area contributed by atoms with Crippen molar-refractivity contribution in [3.63, 3.8) is 0 Å². The molecule has 4 heteroatoms. The number of nitrogens with one attached hydrogen (secondary N) is 1. The molecule has 0 fully saturated rings. The molecular weight excluding hydrogens is 242 g/mol. The van der Waals surface area contributed by atoms with Crippen LogP contribution in [0.3, 0.4) is 0 Å². The minimum absolute atomic E-state index is 0.0197. The molecule has 0 heterocycles. The maximum Gasteiger partial charge on any atom is 0.0975 e. The Balaban J connectivity index is 2.78. The fraction of sp³-hybridized carbons (Fsp3) is 0.500. The first-order valence-corrected chi connectivity index (χ1v) is 6.77. The average molecular weight is 260 g/mol. The van der Waals surface area contributed by atoms with E-state index in [0.29, 0.717) is 5.02 Å². The monoisotopic (exact) mass is 259 g/mol. The van der Waals surface area contributed by atoms with E-state index in [2.05, 4.69) is 4.72 Å². The van der Waals surface area contributed by atoms with Crippen LogP contribution in [0.4, 0.5) is 0 Å². The van der Waals surface area contributed by atoms with Crippen molar-refractivity contribution in [1.82, 2.24) is 4.72 Å². The zero-order valence-corrected chi connectivity index (χ0v) is 11.7. The van der Waals surface area contributed by atoms with Crippen LogP contribution in [0.15, 0.2) is 24.3 Å². The van der Waals surface area contributed by atoms with Gasteiger partial charge in [0.05, 0.1) is 15.7 Å². The first-order chi connectivity index (χ1) is 7.32. The molecule has 0 spiro atoms. The molecule has 0 aliphatic heterocycles. The van der Waals surface area contributed by atoms with Crippen LogP contribution in [-0.4, -0.2) is 8.96 Å². The van der Waals surface area contributed by atoms with Crippen molar-refractivity contribution < 1.29 is 4.21 Å². The van der Waals surface area contributed by atoms with Gasteiger partial charge >= 0.3 is 0 Å². The second-order valence-electron chi connectivity index (χ2n) is 4.74. The second kappa shape index (κ2) is 5.30. The Bertz CT molecular complexity index is 387. The molecule has 1 aromatic rings. The summed E-state index contributed by atoms with van der Waals surface area (Å²) in [7, 11) is -1.08. The van der Waals surface area contributed by atoms with Crippen LogP contribution in [0.1, 0.15) is 39.3 Å². The van der Waals surface area contributed by atoms with Gasteiger partial charge in [-0.25, -0.2) is 8.93 Å². The fourth-order valence-electron chi connectivity index (χ4n) is 1.23. The summed E-state index contributed by atoms with van der Waals surface area (Å²) in [6.45, 7) is 7.78. The molecule has 0 aromatic heterocycles. The zero-order valence-electron chi connectivity index (χ0n) is 10.1. The quantitative estimate of drug-likeness (QED) is 0.885. The molecule has 1 aromatic carbocycles. The molecule has 16 heavy (non-hydrogen) atoms. The standard InChI is InChI=1S/C12H18ClNOS/c1-9(14-16(15)12(2,3)4)10-7-5-6-8-11(10)13/h5-9,14H,1-4H3/t9?,16-/m1/s1. The topological polar surface area (TPSA) is 29.1 Å². The highest BCUT2D eigenvalue weighted by molar-refractivity contribution is 7.84. The van der Waals surface area contributed by atoms with Crippen molar-refractivity contribution in [2.45, 2.75) is 38.5 Å². The van der Waals surface area contributed by atoms with E-state index in [1.165, 1.54) is 0 Å². The molecule has 0 radical (unpaired) electrons. The van der Waals surface area contributed by atoms with Crippen LogP contribution in [0.5, 0.6) is 0 Å². The summed E-state index contributed by atoms with van der Waals surface area (Å²) < 4.78 is 14.7. The summed E-state index contributed by atoms with van der Waals surface area (Å²) >= 11 is 6.08. The van der Waals surface area contributed by atoms with Gasteiger partial charge in [-0.1, -0.05) is 29.8 Å². The molecule has 0 aliphatic rings. The molecule has 2 nitrogen and oxygen atoms in total. The van der Waals surface area contributed by atoms with Gasteiger partial charge in [0.1, 0.15) is 0 Å². The summed E-state index contributed by atoms with van der Waals surface area (Å²) in [6.07, 6.45) is 0. The van der Waals surface area contributed by atoms with Gasteiger partial charge in [0, 0.05) is 11.1 Å². The van der Waals surface area contributed by atoms with Crippen molar-refractivity contribution in [1.29, 1.82) is 0 Å². The Morgan fingerprint density at radius 3 is 2.38 bits per heavy atom. The maximum absolute atomic E-state index is 11.9. The molecule has 1 rings (SSSR count). The maximum atomic E-state index is 11.9. The average Bonchev–Trinajstić information content (AvgIpc) is 2.16. The third kappa shape index (κ3) is 3.58. The fourth-order valence-corrected chi connectivity index (χ4v) is 2.33. The first-order valence-electron chi connectivity index (χ1n) is 5.25. The van der Waals surface area contributed by atoms with Gasteiger partial charge in [0.15, 0.2) is 0 Å². The molecule has 0 saturated heterocycles. The van der Waals surface area contributed by atoms with Gasteiger partial charge in [0.25, 0.3) is 0 Å². The summed E-state index contributed by atoms with van der Waals surface area (Å²) in [5.74, 6) is 0. The number of benzene rings is 1. The smallest absolute Gasteiger partial charge is 0.0975 e. The van der Waals surface area contributed by atoms with E-state index < -0.39 is 11.0 Å². The summed E-state index contributed by atoms with van der Waals surface area (Å²) in [5.41, 5.74) is 0.974. The highest BCUT2D eigenvalue weighted by atomic mass is 35.5. The highest BCUT2D eigenvalue weighted by Gasteiger charge is 2.22. The normalized spacial score (nSPS) is 15.8. The van der Waals surface area contributed by atoms with Crippen molar-refractivity contribution in [2.75, 3.05) is 0 Å². The van der Waals surface area contributed by atoms with Gasteiger partial charge in [-0.3, -0.25) is 0 Å². The lowest BCUT2D eigenvalue weighted by atomic mass is 10.1. The summed E-state index contributed by atoms with van der Waals surface area (Å²) in [6, 6.07) is 7.59. The minimum atomic E-state index is -1.08. The van der Waals surface area contributed by atoms with Gasteiger partial charge < -0.3 is 0 Å². The molecule has 0 saturated carbocycles. The highest BCUT2D eigenvalue weighted by Crippen LogP contribution is 2.23. The molecule has 0 bridgehead atoms. The summed E-state index contributed by atoms with van der Waals surface area (Å²) in [5, 5.41) is 0.702. The van der Waals surface area contributed by atoms with Crippen LogP contribution in [0.2, 0.25) is 5.02 Å². The largest absolute Gasteiger partial charge is 0.242 e. The Kier molecular flexibility index (Phi) is 4.53. The van der Waals surface area contributed by atoms with Crippen molar-refractivity contribution in [2.24, 2.45) is 0 Å². The van der Waals surface area contributed by atoms with Gasteiger partial charge in [0.2, 0.25) is 0 Å². The summed E-state index contributed by atoms with van der Waals surface area (Å²) in [4.78, 5) is 0. The van der Waals surface area contributed by atoms with E-state index in [9.17, 15) is 4.21 Å². The van der Waals surface area contributed by atoms with Crippen molar-refractivity contribution in [3.05, 3.63) is 34.9 Å². The Morgan fingerprint density at radius 2 is 1.88 bits per heavy atom. The molecule has 90 valence electrons. The van der Waals surface area contributed by atoms with Crippen LogP contribution in [-0.2, 0) is 11.0 Å². The predicted octanol–water partition coefficient (Wildman–Crippen LogP) is 3.45. The number of rotatable bonds is 3. The third-order valence-corrected chi connectivity index (χ3v) is 4.24. The predicted molar refractivity (Wildman–Crippen MR) is 70.9 cm³/mol. The van der Waals surface area contributed by atoms with Crippen molar-refractivity contribution >= 4 is 22.6 Å². The van der Waals surface area contributed by atoms with Crippen LogP contribution in [0, 0.1) is 0 Å². The van der Waals surface area contributed by atoms with E-state index in [4.69, 9.17) is 11.6 Å². The van der Waals surface area contributed by atoms with Gasteiger partial charge in [-0.05, 0) is 39.3 Å². The Labute approximate surface area is 105 Å². The van der Waals surface area contributed by atoms with Crippen LogP contribution >= 0.6 is 11.6 Å². The van der Waals surface area contributed by atoms with Gasteiger partial charge in [-0.15, -0.1) is 0 Å². The molecule has 2 atom stereocenters. The van der Waals surface area contributed by atoms with E-state index in [1.807, 2.05) is 52.0 Å². The molecule has 1 N–H and O–H groups in total. The van der Waals surface area contributed by atoms with Gasteiger partial charge in [-0.2, -0.15) is 0 Å². The third-order valence-electron chi connectivity index (χ3n) is 2.21. The Morgan fingerprint density at radius 1 is 1.31 bits per heavy atom. The lowest BCUT2D eigenvalue weighted by Crippen LogP contribution is -2.34. The number of halogens is 1. The molecule has 0 aliphatic carbocycles. The zero-order chi connectivity index (χ0) is 12.3. The number of hydrogen-bond acceptors (Lipinski definition) is 1.